The van der Waals surface area contributed by atoms with Crippen LogP contribution in [-0.4, -0.2) is 133 Å². The molecule has 10 aliphatic rings. The zero-order chi connectivity index (χ0) is 47.3. The number of halogens is 2. The maximum absolute atomic E-state index is 15.2. The van der Waals surface area contributed by atoms with Crippen LogP contribution < -0.4 is 58.6 Å². The quantitative estimate of drug-likeness (QED) is 0.0820. The second kappa shape index (κ2) is 20.7. The molecule has 2 aliphatic carbocycles. The molecule has 6 bridgehead atoms. The van der Waals surface area contributed by atoms with Gasteiger partial charge in [0.2, 0.25) is 0 Å². The van der Waals surface area contributed by atoms with Crippen LogP contribution in [0.3, 0.4) is 0 Å². The Balaban J connectivity index is 0.000000141. The molecular weight excluding hydrogens is 970 g/mol. The number of benzene rings is 2. The molecule has 8 aliphatic heterocycles. The van der Waals surface area contributed by atoms with Crippen molar-refractivity contribution >= 4 is 68.6 Å². The summed E-state index contributed by atoms with van der Waals surface area (Å²) < 4.78 is 81.9. The van der Waals surface area contributed by atoms with Gasteiger partial charge in [-0.15, -0.1) is 5.10 Å². The summed E-state index contributed by atoms with van der Waals surface area (Å²) in [7, 11) is -3.67. The van der Waals surface area contributed by atoms with Crippen LogP contribution in [0.25, 0.3) is 16.0 Å². The van der Waals surface area contributed by atoms with E-state index in [0.717, 1.165) is 66.8 Å². The van der Waals surface area contributed by atoms with Crippen molar-refractivity contribution in [3.05, 3.63) is 88.6 Å². The minimum Gasteiger partial charge on any atom is -0.489 e. The zero-order valence-corrected chi connectivity index (χ0v) is 42.3. The van der Waals surface area contributed by atoms with E-state index in [1.54, 1.807) is 29.2 Å². The number of carbonyl (C=O) groups excluding carboxylic acids is 2. The Morgan fingerprint density at radius 1 is 0.739 bits per heavy atom. The van der Waals surface area contributed by atoms with Crippen LogP contribution in [0.1, 0.15) is 32.1 Å². The number of hydrogen-bond donors (Lipinski definition) is 0. The number of amides is 2. The Labute approximate surface area is 428 Å². The average Bonchev–Trinajstić information content (AvgIpc) is 4.22. The van der Waals surface area contributed by atoms with E-state index < -0.39 is 46.4 Å². The van der Waals surface area contributed by atoms with E-state index in [4.69, 9.17) is 34.2 Å². The first-order chi connectivity index (χ1) is 32.9. The van der Waals surface area contributed by atoms with Gasteiger partial charge in [-0.05, 0) is 43.9 Å². The summed E-state index contributed by atoms with van der Waals surface area (Å²) in [5.74, 6) is 5.88. The van der Waals surface area contributed by atoms with E-state index in [2.05, 4.69) is 44.4 Å². The van der Waals surface area contributed by atoms with E-state index in [0.29, 0.717) is 71.6 Å². The Kier molecular flexibility index (Phi) is 14.9. The van der Waals surface area contributed by atoms with Crippen molar-refractivity contribution in [3.63, 3.8) is 0 Å². The first-order valence-electron chi connectivity index (χ1n) is 22.6. The third-order valence-electron chi connectivity index (χ3n) is 13.9. The Bertz CT molecular complexity index is 2570. The Hall–Kier alpha value is -4.42. The van der Waals surface area contributed by atoms with E-state index in [9.17, 15) is 18.0 Å². The fraction of sp³-hybridized carbons (Fsp3) is 0.545. The summed E-state index contributed by atoms with van der Waals surface area (Å²) in [5.41, 5.74) is 15.3. The summed E-state index contributed by atoms with van der Waals surface area (Å²) >= 11 is 3.85. The summed E-state index contributed by atoms with van der Waals surface area (Å²) in [4.78, 5) is 33.8. The van der Waals surface area contributed by atoms with Gasteiger partial charge in [0.05, 0.1) is 41.7 Å². The molecule has 0 saturated carbocycles. The first kappa shape index (κ1) is 49.6. The van der Waals surface area contributed by atoms with Gasteiger partial charge in [-0.25, -0.2) is 23.1 Å². The SMILES string of the molecule is C1=CC2C=CC1C2.CS(=O)(=O)OC[C@@H]1OC(=O)N2c3cc(F)c(N4C5CCC4CSC5)cc3OC[C@@H]12.O=C1O[C@@H](Cn2ccnn2)[C@@H]2COc3cc(N4C5CCC4CSC5)c(F)cc3N12.[N-]=[N+]=[N-].[Na+]. The van der Waals surface area contributed by atoms with E-state index in [1.807, 2.05) is 23.5 Å². The number of nitrogens with zero attached hydrogens (tertiary/aromatic N) is 10. The van der Waals surface area contributed by atoms with Crippen molar-refractivity contribution in [1.29, 1.82) is 0 Å². The molecule has 6 fully saturated rings. The number of hydrogen-bond acceptors (Lipinski definition) is 15. The van der Waals surface area contributed by atoms with Gasteiger partial charge in [0, 0.05) is 77.6 Å². The number of ether oxygens (including phenoxy) is 4. The number of allylic oxidation sites excluding steroid dienone is 4. The van der Waals surface area contributed by atoms with Crippen LogP contribution in [0, 0.1) is 23.5 Å². The van der Waals surface area contributed by atoms with E-state index in [1.165, 1.54) is 33.3 Å². The molecule has 69 heavy (non-hydrogen) atoms. The summed E-state index contributed by atoms with van der Waals surface area (Å²) in [6.07, 6.45) is 16.7. The normalized spacial score (nSPS) is 30.0. The van der Waals surface area contributed by atoms with Crippen molar-refractivity contribution in [1.82, 2.24) is 15.0 Å². The van der Waals surface area contributed by atoms with Gasteiger partial charge >= 0.3 is 41.7 Å². The fourth-order valence-corrected chi connectivity index (χ4v) is 13.9. The standard InChI is InChI=1S/C19H20FN5O3S.C18H21FN2O6S2.C7H8.N3.Na/c20-13-5-15-17(6-14(13)24-11-1-2-12(24)10-29-9-11)27-8-16-18(28-19(26)25(15)16)7-23-4-3-21-22-23;1-29(23,24)26-7-17-15-6-25-16-5-13(20-10-2-3-11(20)9-28-8-10)12(19)4-14(16)21(15)18(22)27-17;1-2-7-4-3-6(1)5-7;1-3-2;/h3-6,11-12,16,18H,1-2,7-10H2;4-5,10-11,15,17H,2-3,6-9H2,1H3;1-4,6-7H,5H2;;/q;;;-1;+1/t11?,12?,16-,18-;10?,11?,15-,17-;;;/m00.../s1. The van der Waals surface area contributed by atoms with Gasteiger partial charge in [0.1, 0.15) is 61.1 Å². The fourth-order valence-electron chi connectivity index (χ4n) is 10.8. The molecule has 0 radical (unpaired) electrons. The van der Waals surface area contributed by atoms with Crippen LogP contribution in [0.2, 0.25) is 0 Å². The molecule has 25 heteroatoms. The molecule has 362 valence electrons. The van der Waals surface area contributed by atoms with Crippen molar-refractivity contribution < 1.29 is 79.5 Å². The van der Waals surface area contributed by atoms with Gasteiger partial charge in [-0.3, -0.25) is 18.9 Å². The topological polar surface area (TPSA) is 217 Å². The molecule has 8 atom stereocenters. The first-order valence-corrected chi connectivity index (χ1v) is 26.7. The predicted octanol–water partition coefficient (Wildman–Crippen LogP) is 3.88. The maximum atomic E-state index is 15.2. The van der Waals surface area contributed by atoms with Gasteiger partial charge in [0.25, 0.3) is 10.1 Å². The molecule has 2 amide bonds. The molecule has 6 saturated heterocycles. The van der Waals surface area contributed by atoms with E-state index >= 15 is 8.78 Å². The van der Waals surface area contributed by atoms with Crippen LogP contribution in [0.5, 0.6) is 11.5 Å². The maximum Gasteiger partial charge on any atom is 1.00 e. The van der Waals surface area contributed by atoms with Gasteiger partial charge in [0.15, 0.2) is 6.10 Å². The minimum absolute atomic E-state index is 0. The molecule has 2 aromatic carbocycles. The molecule has 9 heterocycles. The average molecular weight is 1020 g/mol. The monoisotopic (exact) mass is 1020 g/mol. The van der Waals surface area contributed by atoms with Crippen molar-refractivity contribution in [2.75, 3.05) is 68.7 Å². The largest absolute Gasteiger partial charge is 1.00 e. The predicted molar refractivity (Wildman–Crippen MR) is 251 cm³/mol. The second-order valence-corrected chi connectivity index (χ2v) is 21.9. The number of anilines is 4. The second-order valence-electron chi connectivity index (χ2n) is 18.1. The van der Waals surface area contributed by atoms with Crippen molar-refractivity contribution in [2.24, 2.45) is 11.8 Å². The third kappa shape index (κ3) is 10.1. The number of cyclic esters (lactones) is 2. The van der Waals surface area contributed by atoms with Crippen molar-refractivity contribution in [2.45, 2.75) is 87.1 Å². The van der Waals surface area contributed by atoms with Gasteiger partial charge in [-0.1, -0.05) is 29.5 Å². The van der Waals surface area contributed by atoms with Crippen LogP contribution in [0.15, 0.2) is 61.0 Å². The summed E-state index contributed by atoms with van der Waals surface area (Å²) in [5, 5.41) is 7.71. The Morgan fingerprint density at radius 2 is 1.19 bits per heavy atom. The molecule has 13 rings (SSSR count). The molecular formula is C44H49F2N10NaO9S3. The summed E-state index contributed by atoms with van der Waals surface area (Å²) in [6, 6.07) is 6.65. The molecule has 4 unspecified atom stereocenters. The van der Waals surface area contributed by atoms with E-state index in [-0.39, 0.29) is 54.6 Å². The van der Waals surface area contributed by atoms with Crippen LogP contribution in [0.4, 0.5) is 41.1 Å². The number of fused-ring (bicyclic) bond motifs is 12. The molecule has 19 nitrogen and oxygen atoms in total. The number of rotatable bonds is 7. The number of aromatic nitrogens is 3. The molecule has 1 aromatic heterocycles. The molecule has 0 spiro atoms. The zero-order valence-electron chi connectivity index (χ0n) is 37.9. The third-order valence-corrected chi connectivity index (χ3v) is 16.9. The Morgan fingerprint density at radius 3 is 1.59 bits per heavy atom. The van der Waals surface area contributed by atoms with Crippen LogP contribution >= 0.6 is 23.5 Å². The van der Waals surface area contributed by atoms with Gasteiger partial charge < -0.3 is 39.8 Å². The minimum atomic E-state index is -3.67. The number of thioether (sulfide) groups is 2. The number of carbonyl (C=O) groups is 2. The van der Waals surface area contributed by atoms with Gasteiger partial charge in [-0.2, -0.15) is 31.9 Å². The molecule has 3 aromatic rings. The van der Waals surface area contributed by atoms with Crippen LogP contribution in [-0.2, 0) is 30.3 Å². The van der Waals surface area contributed by atoms with Crippen molar-refractivity contribution in [3.8, 4) is 11.5 Å². The smallest absolute Gasteiger partial charge is 0.489 e. The summed E-state index contributed by atoms with van der Waals surface area (Å²) in [6.45, 7) is 0.483. The molecule has 0 N–H and O–H groups in total.